The zero-order valence-electron chi connectivity index (χ0n) is 11.3. The number of halogens is 4. The van der Waals surface area contributed by atoms with E-state index in [0.29, 0.717) is 6.42 Å². The highest BCUT2D eigenvalue weighted by molar-refractivity contribution is 5.29. The van der Waals surface area contributed by atoms with Crippen LogP contribution in [0.15, 0.2) is 18.2 Å². The monoisotopic (exact) mass is 293 g/mol. The van der Waals surface area contributed by atoms with Crippen molar-refractivity contribution in [3.8, 4) is 5.75 Å². The highest BCUT2D eigenvalue weighted by Gasteiger charge is 2.26. The van der Waals surface area contributed by atoms with E-state index in [2.05, 4.69) is 0 Å². The van der Waals surface area contributed by atoms with Crippen LogP contribution in [0.25, 0.3) is 0 Å². The van der Waals surface area contributed by atoms with Gasteiger partial charge in [-0.1, -0.05) is 13.0 Å². The number of rotatable bonds is 7. The molecule has 0 fully saturated rings. The van der Waals surface area contributed by atoms with Crippen molar-refractivity contribution in [3.63, 3.8) is 0 Å². The SMILES string of the molecule is CCC(N)Cc1ccc(OCCCC(F)(F)F)c(F)c1. The van der Waals surface area contributed by atoms with Gasteiger partial charge in [0.15, 0.2) is 11.6 Å². The molecule has 0 amide bonds. The molecular formula is C14H19F4NO. The van der Waals surface area contributed by atoms with E-state index >= 15 is 0 Å². The Morgan fingerprint density at radius 3 is 2.55 bits per heavy atom. The van der Waals surface area contributed by atoms with Gasteiger partial charge in [0.1, 0.15) is 0 Å². The summed E-state index contributed by atoms with van der Waals surface area (Å²) in [4.78, 5) is 0. The first-order chi connectivity index (χ1) is 9.31. The molecule has 0 aromatic heterocycles. The zero-order valence-corrected chi connectivity index (χ0v) is 11.3. The fourth-order valence-corrected chi connectivity index (χ4v) is 1.69. The van der Waals surface area contributed by atoms with Crippen molar-refractivity contribution >= 4 is 0 Å². The van der Waals surface area contributed by atoms with Crippen LogP contribution in [-0.2, 0) is 6.42 Å². The summed E-state index contributed by atoms with van der Waals surface area (Å²) in [5.41, 5.74) is 6.52. The lowest BCUT2D eigenvalue weighted by atomic mass is 10.0. The molecule has 0 saturated heterocycles. The Kier molecular flexibility index (Phi) is 6.26. The molecular weight excluding hydrogens is 274 g/mol. The predicted octanol–water partition coefficient (Wildman–Crippen LogP) is 3.83. The van der Waals surface area contributed by atoms with Crippen LogP contribution >= 0.6 is 0 Å². The summed E-state index contributed by atoms with van der Waals surface area (Å²) in [7, 11) is 0. The van der Waals surface area contributed by atoms with Gasteiger partial charge in [0.05, 0.1) is 6.61 Å². The van der Waals surface area contributed by atoms with Crippen LogP contribution in [0, 0.1) is 5.82 Å². The maximum absolute atomic E-state index is 13.7. The summed E-state index contributed by atoms with van der Waals surface area (Å²) < 4.78 is 54.5. The number of hydrogen-bond donors (Lipinski definition) is 1. The lowest BCUT2D eigenvalue weighted by Gasteiger charge is -2.11. The van der Waals surface area contributed by atoms with Gasteiger partial charge in [0, 0.05) is 12.5 Å². The molecule has 0 spiro atoms. The summed E-state index contributed by atoms with van der Waals surface area (Å²) in [5, 5.41) is 0. The van der Waals surface area contributed by atoms with E-state index in [1.807, 2.05) is 6.92 Å². The van der Waals surface area contributed by atoms with Crippen molar-refractivity contribution in [2.75, 3.05) is 6.61 Å². The molecule has 114 valence electrons. The van der Waals surface area contributed by atoms with Crippen LogP contribution in [0.4, 0.5) is 17.6 Å². The lowest BCUT2D eigenvalue weighted by molar-refractivity contribution is -0.136. The van der Waals surface area contributed by atoms with Crippen molar-refractivity contribution in [1.82, 2.24) is 0 Å². The molecule has 0 aliphatic rings. The second-order valence-electron chi connectivity index (χ2n) is 4.70. The molecule has 1 aromatic rings. The zero-order chi connectivity index (χ0) is 15.2. The first kappa shape index (κ1) is 16.8. The molecule has 1 atom stereocenters. The fraction of sp³-hybridized carbons (Fsp3) is 0.571. The van der Waals surface area contributed by atoms with Crippen LogP contribution in [-0.4, -0.2) is 18.8 Å². The fourth-order valence-electron chi connectivity index (χ4n) is 1.69. The topological polar surface area (TPSA) is 35.2 Å². The van der Waals surface area contributed by atoms with Gasteiger partial charge < -0.3 is 10.5 Å². The minimum absolute atomic E-state index is 0.0269. The summed E-state index contributed by atoms with van der Waals surface area (Å²) in [5.74, 6) is -0.598. The minimum Gasteiger partial charge on any atom is -0.491 e. The normalized spacial score (nSPS) is 13.3. The van der Waals surface area contributed by atoms with Crippen molar-refractivity contribution < 1.29 is 22.3 Å². The molecule has 0 aliphatic heterocycles. The molecule has 20 heavy (non-hydrogen) atoms. The molecule has 1 rings (SSSR count). The van der Waals surface area contributed by atoms with Crippen molar-refractivity contribution in [1.29, 1.82) is 0 Å². The summed E-state index contributed by atoms with van der Waals surface area (Å²) in [6.45, 7) is 1.78. The largest absolute Gasteiger partial charge is 0.491 e. The number of nitrogens with two attached hydrogens (primary N) is 1. The van der Waals surface area contributed by atoms with Crippen LogP contribution in [0.1, 0.15) is 31.7 Å². The Hall–Kier alpha value is -1.30. The molecule has 1 aromatic carbocycles. The van der Waals surface area contributed by atoms with E-state index in [-0.39, 0.29) is 24.8 Å². The third kappa shape index (κ3) is 6.23. The van der Waals surface area contributed by atoms with Crippen molar-refractivity contribution in [3.05, 3.63) is 29.6 Å². The summed E-state index contributed by atoms with van der Waals surface area (Å²) >= 11 is 0. The smallest absolute Gasteiger partial charge is 0.389 e. The number of ether oxygens (including phenoxy) is 1. The van der Waals surface area contributed by atoms with Crippen LogP contribution in [0.3, 0.4) is 0 Å². The maximum Gasteiger partial charge on any atom is 0.389 e. The van der Waals surface area contributed by atoms with E-state index in [0.717, 1.165) is 12.0 Å². The average molecular weight is 293 g/mol. The van der Waals surface area contributed by atoms with Crippen LogP contribution in [0.5, 0.6) is 5.75 Å². The quantitative estimate of drug-likeness (QED) is 0.612. The molecule has 0 saturated carbocycles. The van der Waals surface area contributed by atoms with Crippen LogP contribution < -0.4 is 10.5 Å². The van der Waals surface area contributed by atoms with Gasteiger partial charge in [0.25, 0.3) is 0 Å². The Morgan fingerprint density at radius 2 is 2.00 bits per heavy atom. The van der Waals surface area contributed by atoms with Crippen molar-refractivity contribution in [2.24, 2.45) is 5.73 Å². The highest BCUT2D eigenvalue weighted by atomic mass is 19.4. The van der Waals surface area contributed by atoms with E-state index in [9.17, 15) is 17.6 Å². The van der Waals surface area contributed by atoms with Gasteiger partial charge in [-0.3, -0.25) is 0 Å². The predicted molar refractivity (Wildman–Crippen MR) is 69.2 cm³/mol. The van der Waals surface area contributed by atoms with E-state index < -0.39 is 18.4 Å². The molecule has 6 heteroatoms. The molecule has 0 aliphatic carbocycles. The number of alkyl halides is 3. The van der Waals surface area contributed by atoms with Gasteiger partial charge >= 0.3 is 6.18 Å². The van der Waals surface area contributed by atoms with E-state index in [4.69, 9.17) is 10.5 Å². The number of hydrogen-bond acceptors (Lipinski definition) is 2. The number of benzene rings is 1. The molecule has 0 bridgehead atoms. The molecule has 0 heterocycles. The average Bonchev–Trinajstić information content (AvgIpc) is 2.35. The van der Waals surface area contributed by atoms with Gasteiger partial charge in [-0.25, -0.2) is 4.39 Å². The minimum atomic E-state index is -4.21. The summed E-state index contributed by atoms with van der Waals surface area (Å²) in [6.07, 6.45) is -3.98. The second kappa shape index (κ2) is 7.47. The third-order valence-corrected chi connectivity index (χ3v) is 2.88. The first-order valence-electron chi connectivity index (χ1n) is 6.55. The standard InChI is InChI=1S/C14H19F4NO/c1-2-11(19)8-10-4-5-13(12(15)9-10)20-7-3-6-14(16,17)18/h4-5,9,11H,2-3,6-8,19H2,1H3. The Labute approximate surface area is 115 Å². The first-order valence-corrected chi connectivity index (χ1v) is 6.55. The molecule has 2 N–H and O–H groups in total. The van der Waals surface area contributed by atoms with Crippen LogP contribution in [0.2, 0.25) is 0 Å². The molecule has 1 unspecified atom stereocenters. The van der Waals surface area contributed by atoms with E-state index in [1.165, 1.54) is 12.1 Å². The third-order valence-electron chi connectivity index (χ3n) is 2.88. The maximum atomic E-state index is 13.7. The van der Waals surface area contributed by atoms with Gasteiger partial charge in [0.2, 0.25) is 0 Å². The summed E-state index contributed by atoms with van der Waals surface area (Å²) in [6, 6.07) is 4.39. The Balaban J connectivity index is 2.47. The second-order valence-corrected chi connectivity index (χ2v) is 4.70. The Bertz CT molecular complexity index is 420. The van der Waals surface area contributed by atoms with E-state index in [1.54, 1.807) is 6.07 Å². The molecule has 2 nitrogen and oxygen atoms in total. The van der Waals surface area contributed by atoms with Gasteiger partial charge in [-0.05, 0) is 37.0 Å². The lowest BCUT2D eigenvalue weighted by Crippen LogP contribution is -2.21. The van der Waals surface area contributed by atoms with Gasteiger partial charge in [-0.2, -0.15) is 13.2 Å². The van der Waals surface area contributed by atoms with Crippen molar-refractivity contribution in [2.45, 2.75) is 44.8 Å². The van der Waals surface area contributed by atoms with Gasteiger partial charge in [-0.15, -0.1) is 0 Å². The Morgan fingerprint density at radius 1 is 1.30 bits per heavy atom. The highest BCUT2D eigenvalue weighted by Crippen LogP contribution is 2.23. The molecule has 0 radical (unpaired) electrons.